The lowest BCUT2D eigenvalue weighted by molar-refractivity contribution is 0.0942. The fraction of sp³-hybridized carbons (Fsp3) is 0.217. The van der Waals surface area contributed by atoms with Crippen LogP contribution in [0.25, 0.3) is 16.9 Å². The van der Waals surface area contributed by atoms with Crippen molar-refractivity contribution in [3.63, 3.8) is 0 Å². The third-order valence-corrected chi connectivity index (χ3v) is 6.81. The molecule has 0 saturated heterocycles. The van der Waals surface area contributed by atoms with Gasteiger partial charge in [0.05, 0.1) is 16.9 Å². The van der Waals surface area contributed by atoms with Gasteiger partial charge in [-0.15, -0.1) is 11.3 Å². The highest BCUT2D eigenvalue weighted by atomic mass is 32.2. The van der Waals surface area contributed by atoms with Crippen molar-refractivity contribution in [2.24, 2.45) is 0 Å². The van der Waals surface area contributed by atoms with Gasteiger partial charge in [0.25, 0.3) is 16.1 Å². The van der Waals surface area contributed by atoms with Crippen molar-refractivity contribution in [3.8, 4) is 11.3 Å². The number of hydrogen-bond donors (Lipinski definition) is 3. The lowest BCUT2D eigenvalue weighted by Gasteiger charge is -2.10. The molecule has 1 amide bonds. The number of hydrogen-bond acceptors (Lipinski definition) is 5. The summed E-state index contributed by atoms with van der Waals surface area (Å²) in [6, 6.07) is 14.5. The summed E-state index contributed by atoms with van der Waals surface area (Å²) in [6.45, 7) is 4.13. The van der Waals surface area contributed by atoms with Crippen LogP contribution < -0.4 is 14.8 Å². The molecule has 172 valence electrons. The summed E-state index contributed by atoms with van der Waals surface area (Å²) in [6.07, 6.45) is 4.18. The molecule has 3 heterocycles. The highest BCUT2D eigenvalue weighted by molar-refractivity contribution is 7.90. The number of anilines is 1. The molecule has 0 aliphatic carbocycles. The number of amides is 1. The molecule has 0 spiro atoms. The zero-order chi connectivity index (χ0) is 23.4. The number of thiophene rings is 1. The van der Waals surface area contributed by atoms with Gasteiger partial charge in [0, 0.05) is 35.4 Å². The van der Waals surface area contributed by atoms with Crippen molar-refractivity contribution in [1.82, 2.24) is 19.4 Å². The van der Waals surface area contributed by atoms with E-state index >= 15 is 0 Å². The first-order valence-corrected chi connectivity index (χ1v) is 12.9. The van der Waals surface area contributed by atoms with E-state index in [4.69, 9.17) is 0 Å². The van der Waals surface area contributed by atoms with Crippen molar-refractivity contribution < 1.29 is 13.2 Å². The third kappa shape index (κ3) is 5.98. The summed E-state index contributed by atoms with van der Waals surface area (Å²) in [5.41, 5.74) is 3.08. The minimum absolute atomic E-state index is 0.0447. The molecule has 33 heavy (non-hydrogen) atoms. The number of nitrogens with zero attached hydrogens (tertiary/aromatic N) is 2. The quantitative estimate of drug-likeness (QED) is 0.338. The average molecular weight is 484 g/mol. The van der Waals surface area contributed by atoms with Gasteiger partial charge in [0.15, 0.2) is 0 Å². The highest BCUT2D eigenvalue weighted by Gasteiger charge is 2.13. The van der Waals surface area contributed by atoms with Crippen molar-refractivity contribution in [2.75, 3.05) is 11.3 Å². The molecule has 4 aromatic rings. The summed E-state index contributed by atoms with van der Waals surface area (Å²) in [7, 11) is -3.70. The molecule has 0 unspecified atom stereocenters. The van der Waals surface area contributed by atoms with Crippen molar-refractivity contribution in [2.45, 2.75) is 26.3 Å². The first kappa shape index (κ1) is 23.0. The van der Waals surface area contributed by atoms with E-state index in [0.717, 1.165) is 10.4 Å². The van der Waals surface area contributed by atoms with Crippen LogP contribution in [0.4, 0.5) is 5.69 Å². The van der Waals surface area contributed by atoms with Crippen LogP contribution in [0.3, 0.4) is 0 Å². The Morgan fingerprint density at radius 3 is 2.73 bits per heavy atom. The van der Waals surface area contributed by atoms with Gasteiger partial charge in [0.1, 0.15) is 5.65 Å². The number of carbonyl (C=O) groups is 1. The van der Waals surface area contributed by atoms with Gasteiger partial charge < -0.3 is 9.72 Å². The Morgan fingerprint density at radius 2 is 1.97 bits per heavy atom. The number of fused-ring (bicyclic) bond motifs is 1. The highest BCUT2D eigenvalue weighted by Crippen LogP contribution is 2.23. The number of nitrogens with one attached hydrogen (secondary N) is 3. The van der Waals surface area contributed by atoms with Gasteiger partial charge >= 0.3 is 0 Å². The van der Waals surface area contributed by atoms with Crippen LogP contribution in [0.15, 0.2) is 66.3 Å². The van der Waals surface area contributed by atoms with E-state index in [1.54, 1.807) is 52.3 Å². The predicted molar refractivity (Wildman–Crippen MR) is 132 cm³/mol. The van der Waals surface area contributed by atoms with E-state index < -0.39 is 10.2 Å². The van der Waals surface area contributed by atoms with Gasteiger partial charge in [-0.25, -0.2) is 4.98 Å². The zero-order valence-corrected chi connectivity index (χ0v) is 19.9. The Balaban J connectivity index is 1.48. The Bertz CT molecular complexity index is 1360. The van der Waals surface area contributed by atoms with Crippen LogP contribution in [-0.2, 0) is 16.6 Å². The van der Waals surface area contributed by atoms with E-state index in [1.165, 1.54) is 0 Å². The van der Waals surface area contributed by atoms with Crippen LogP contribution in [0.2, 0.25) is 0 Å². The molecule has 0 radical (unpaired) electrons. The third-order valence-electron chi connectivity index (χ3n) is 4.79. The summed E-state index contributed by atoms with van der Waals surface area (Å²) in [4.78, 5) is 18.0. The molecular formula is C23H25N5O3S2. The van der Waals surface area contributed by atoms with Crippen molar-refractivity contribution >= 4 is 38.8 Å². The molecule has 0 aliphatic rings. The zero-order valence-electron chi connectivity index (χ0n) is 18.3. The SMILES string of the molecule is CC(C)NC(=O)c1ccc2nc(-c3cccc(NS(=O)(=O)NCCc4cccs4)c3)cn2c1. The number of rotatable bonds is 9. The van der Waals surface area contributed by atoms with Crippen LogP contribution in [0, 0.1) is 0 Å². The molecule has 0 saturated carbocycles. The number of carbonyl (C=O) groups excluding carboxylic acids is 1. The van der Waals surface area contributed by atoms with Crippen LogP contribution in [0.1, 0.15) is 29.1 Å². The fourth-order valence-corrected chi connectivity index (χ4v) is 4.90. The number of benzene rings is 1. The van der Waals surface area contributed by atoms with Gasteiger partial charge in [-0.1, -0.05) is 18.2 Å². The minimum Gasteiger partial charge on any atom is -0.350 e. The number of aromatic nitrogens is 2. The molecule has 3 aromatic heterocycles. The maximum Gasteiger partial charge on any atom is 0.299 e. The Labute approximate surface area is 196 Å². The van der Waals surface area contributed by atoms with Crippen LogP contribution in [0.5, 0.6) is 0 Å². The fourth-order valence-electron chi connectivity index (χ4n) is 3.31. The molecule has 0 fully saturated rings. The van der Waals surface area contributed by atoms with E-state index in [1.807, 2.05) is 43.6 Å². The number of imidazole rings is 1. The smallest absolute Gasteiger partial charge is 0.299 e. The second kappa shape index (κ2) is 9.74. The van der Waals surface area contributed by atoms with E-state index in [2.05, 4.69) is 19.7 Å². The summed E-state index contributed by atoms with van der Waals surface area (Å²) in [5.74, 6) is -0.148. The molecule has 0 atom stereocenters. The van der Waals surface area contributed by atoms with E-state index in [9.17, 15) is 13.2 Å². The molecule has 10 heteroatoms. The minimum atomic E-state index is -3.70. The molecule has 0 aliphatic heterocycles. The Morgan fingerprint density at radius 1 is 1.12 bits per heavy atom. The molecule has 3 N–H and O–H groups in total. The second-order valence-corrected chi connectivity index (χ2v) is 10.4. The molecular weight excluding hydrogens is 458 g/mol. The van der Waals surface area contributed by atoms with E-state index in [0.29, 0.717) is 35.6 Å². The topological polar surface area (TPSA) is 105 Å². The molecule has 4 rings (SSSR count). The van der Waals surface area contributed by atoms with Crippen LogP contribution in [-0.4, -0.2) is 36.3 Å². The predicted octanol–water partition coefficient (Wildman–Crippen LogP) is 3.69. The lowest BCUT2D eigenvalue weighted by atomic mass is 10.1. The largest absolute Gasteiger partial charge is 0.350 e. The Hall–Kier alpha value is -3.21. The standard InChI is InChI=1S/C23H25N5O3S2/c1-16(2)25-23(29)18-8-9-22-26-21(15-28(22)14-18)17-5-3-6-19(13-17)27-33(30,31)24-11-10-20-7-4-12-32-20/h3-9,12-16,24,27H,10-11H2,1-2H3,(H,25,29). The molecule has 0 bridgehead atoms. The normalized spacial score (nSPS) is 11.7. The number of pyridine rings is 1. The van der Waals surface area contributed by atoms with Crippen molar-refractivity contribution in [1.29, 1.82) is 0 Å². The van der Waals surface area contributed by atoms with Gasteiger partial charge in [-0.2, -0.15) is 13.1 Å². The molecule has 1 aromatic carbocycles. The molecule has 8 nitrogen and oxygen atoms in total. The second-order valence-electron chi connectivity index (χ2n) is 7.85. The lowest BCUT2D eigenvalue weighted by Crippen LogP contribution is -2.31. The van der Waals surface area contributed by atoms with Crippen molar-refractivity contribution in [3.05, 3.63) is 76.7 Å². The van der Waals surface area contributed by atoms with Gasteiger partial charge in [-0.05, 0) is 56.0 Å². The Kier molecular flexibility index (Phi) is 6.77. The first-order chi connectivity index (χ1) is 15.8. The van der Waals surface area contributed by atoms with E-state index in [-0.39, 0.29) is 11.9 Å². The average Bonchev–Trinajstić information content (AvgIpc) is 3.42. The maximum absolute atomic E-state index is 12.4. The first-order valence-electron chi connectivity index (χ1n) is 10.5. The maximum atomic E-state index is 12.4. The summed E-state index contributed by atoms with van der Waals surface area (Å²) >= 11 is 1.60. The summed E-state index contributed by atoms with van der Waals surface area (Å²) < 4.78 is 31.8. The van der Waals surface area contributed by atoms with Gasteiger partial charge in [0.2, 0.25) is 0 Å². The summed E-state index contributed by atoms with van der Waals surface area (Å²) in [5, 5.41) is 4.84. The van der Waals surface area contributed by atoms with Crippen LogP contribution >= 0.6 is 11.3 Å². The van der Waals surface area contributed by atoms with Gasteiger partial charge in [-0.3, -0.25) is 9.52 Å². The monoisotopic (exact) mass is 483 g/mol.